The molecule has 2 aromatic heterocycles. The van der Waals surface area contributed by atoms with E-state index >= 15 is 0 Å². The molecule has 0 spiro atoms. The molecule has 2 rings (SSSR count). The van der Waals surface area contributed by atoms with Gasteiger partial charge in [-0.3, -0.25) is 4.98 Å². The Morgan fingerprint density at radius 2 is 2.50 bits per heavy atom. The van der Waals surface area contributed by atoms with Gasteiger partial charge in [0.1, 0.15) is 11.3 Å². The monoisotopic (exact) mass is 188 g/mol. The number of nitrogens with zero attached hydrogens (tertiary/aromatic N) is 4. The number of pyridine rings is 1. The SMILES string of the molecule is CC(N=[N+]=[N-])c1cc2ncccc2o1. The van der Waals surface area contributed by atoms with Crippen molar-refractivity contribution in [1.29, 1.82) is 0 Å². The summed E-state index contributed by atoms with van der Waals surface area (Å²) in [5.74, 6) is 0.636. The van der Waals surface area contributed by atoms with Gasteiger partial charge in [-0.2, -0.15) is 0 Å². The van der Waals surface area contributed by atoms with E-state index in [0.717, 1.165) is 5.52 Å². The zero-order chi connectivity index (χ0) is 9.97. The molecule has 2 heterocycles. The van der Waals surface area contributed by atoms with Crippen LogP contribution < -0.4 is 0 Å². The van der Waals surface area contributed by atoms with Crippen molar-refractivity contribution >= 4 is 11.1 Å². The van der Waals surface area contributed by atoms with Gasteiger partial charge in [-0.05, 0) is 24.6 Å². The van der Waals surface area contributed by atoms with Crippen molar-refractivity contribution in [3.05, 3.63) is 40.6 Å². The molecular weight excluding hydrogens is 180 g/mol. The van der Waals surface area contributed by atoms with Gasteiger partial charge in [0.25, 0.3) is 0 Å². The molecule has 0 bridgehead atoms. The Balaban J connectivity index is 2.49. The molecule has 5 nitrogen and oxygen atoms in total. The Kier molecular flexibility index (Phi) is 2.08. The molecule has 0 amide bonds. The highest BCUT2D eigenvalue weighted by molar-refractivity contribution is 5.72. The summed E-state index contributed by atoms with van der Waals surface area (Å²) >= 11 is 0. The standard InChI is InChI=1S/C9H8N4O/c1-6(12-13-10)9-5-7-8(14-9)3-2-4-11-7/h2-6H,1H3. The lowest BCUT2D eigenvalue weighted by atomic mass is 10.3. The van der Waals surface area contributed by atoms with Crippen LogP contribution in [0.2, 0.25) is 0 Å². The molecule has 5 heteroatoms. The fourth-order valence-corrected chi connectivity index (χ4v) is 1.23. The Hall–Kier alpha value is -2.00. The summed E-state index contributed by atoms with van der Waals surface area (Å²) in [6, 6.07) is 5.12. The van der Waals surface area contributed by atoms with Crippen molar-refractivity contribution in [3.63, 3.8) is 0 Å². The van der Waals surface area contributed by atoms with Crippen LogP contribution in [0.15, 0.2) is 33.9 Å². The van der Waals surface area contributed by atoms with Gasteiger partial charge in [0.05, 0.1) is 6.04 Å². The van der Waals surface area contributed by atoms with Crippen LogP contribution in [0.5, 0.6) is 0 Å². The van der Waals surface area contributed by atoms with Crippen LogP contribution in [0.25, 0.3) is 21.5 Å². The van der Waals surface area contributed by atoms with E-state index in [4.69, 9.17) is 9.95 Å². The molecule has 2 aromatic rings. The lowest BCUT2D eigenvalue weighted by Crippen LogP contribution is -1.82. The van der Waals surface area contributed by atoms with E-state index in [-0.39, 0.29) is 6.04 Å². The number of hydrogen-bond donors (Lipinski definition) is 0. The van der Waals surface area contributed by atoms with Gasteiger partial charge >= 0.3 is 0 Å². The number of aromatic nitrogens is 1. The van der Waals surface area contributed by atoms with E-state index in [9.17, 15) is 0 Å². The molecule has 0 aromatic carbocycles. The molecule has 0 saturated carbocycles. The first-order valence-corrected chi connectivity index (χ1v) is 4.20. The minimum Gasteiger partial charge on any atom is -0.459 e. The smallest absolute Gasteiger partial charge is 0.152 e. The number of rotatable bonds is 2. The van der Waals surface area contributed by atoms with Gasteiger partial charge < -0.3 is 4.42 Å². The number of azide groups is 1. The molecule has 1 atom stereocenters. The molecule has 14 heavy (non-hydrogen) atoms. The lowest BCUT2D eigenvalue weighted by Gasteiger charge is -1.95. The van der Waals surface area contributed by atoms with Crippen molar-refractivity contribution in [2.24, 2.45) is 5.11 Å². The molecule has 0 aliphatic carbocycles. The third kappa shape index (κ3) is 1.41. The van der Waals surface area contributed by atoms with E-state index in [0.29, 0.717) is 11.3 Å². The Morgan fingerprint density at radius 1 is 1.64 bits per heavy atom. The summed E-state index contributed by atoms with van der Waals surface area (Å²) in [4.78, 5) is 6.84. The second-order valence-corrected chi connectivity index (χ2v) is 2.92. The highest BCUT2D eigenvalue weighted by atomic mass is 16.3. The van der Waals surface area contributed by atoms with E-state index in [1.165, 1.54) is 0 Å². The average Bonchev–Trinajstić information content (AvgIpc) is 2.61. The summed E-state index contributed by atoms with van der Waals surface area (Å²) in [6.45, 7) is 1.78. The molecule has 0 fully saturated rings. The zero-order valence-corrected chi connectivity index (χ0v) is 7.58. The lowest BCUT2D eigenvalue weighted by molar-refractivity contribution is 0.512. The maximum atomic E-state index is 8.27. The van der Waals surface area contributed by atoms with Crippen LogP contribution in [0, 0.1) is 0 Å². The highest BCUT2D eigenvalue weighted by Gasteiger charge is 2.09. The largest absolute Gasteiger partial charge is 0.459 e. The Labute approximate surface area is 80.0 Å². The molecule has 1 unspecified atom stereocenters. The van der Waals surface area contributed by atoms with Crippen molar-refractivity contribution in [3.8, 4) is 0 Å². The summed E-state index contributed by atoms with van der Waals surface area (Å²) in [5, 5.41) is 3.55. The maximum absolute atomic E-state index is 8.27. The zero-order valence-electron chi connectivity index (χ0n) is 7.58. The van der Waals surface area contributed by atoms with Crippen molar-refractivity contribution in [2.45, 2.75) is 13.0 Å². The molecule has 0 saturated heterocycles. The first kappa shape index (κ1) is 8.59. The molecule has 0 aliphatic heterocycles. The quantitative estimate of drug-likeness (QED) is 0.412. The van der Waals surface area contributed by atoms with Gasteiger partial charge in [0.2, 0.25) is 0 Å². The van der Waals surface area contributed by atoms with Gasteiger partial charge in [0, 0.05) is 17.2 Å². The second-order valence-electron chi connectivity index (χ2n) is 2.92. The molecule has 0 N–H and O–H groups in total. The minimum absolute atomic E-state index is 0.297. The normalized spacial score (nSPS) is 12.4. The van der Waals surface area contributed by atoms with Crippen LogP contribution in [0.1, 0.15) is 18.7 Å². The first-order valence-electron chi connectivity index (χ1n) is 4.20. The molecular formula is C9H8N4O. The predicted molar refractivity (Wildman–Crippen MR) is 51.6 cm³/mol. The van der Waals surface area contributed by atoms with Crippen molar-refractivity contribution < 1.29 is 4.42 Å². The van der Waals surface area contributed by atoms with Crippen LogP contribution in [0.3, 0.4) is 0 Å². The average molecular weight is 188 g/mol. The minimum atomic E-state index is -0.297. The van der Waals surface area contributed by atoms with Gasteiger partial charge in [-0.15, -0.1) is 0 Å². The first-order chi connectivity index (χ1) is 6.81. The fraction of sp³-hybridized carbons (Fsp3) is 0.222. The third-order valence-electron chi connectivity index (χ3n) is 1.94. The number of hydrogen-bond acceptors (Lipinski definition) is 3. The summed E-state index contributed by atoms with van der Waals surface area (Å²) in [6.07, 6.45) is 1.69. The molecule has 0 aliphatic rings. The van der Waals surface area contributed by atoms with Crippen LogP contribution >= 0.6 is 0 Å². The van der Waals surface area contributed by atoms with Crippen LogP contribution in [-0.2, 0) is 0 Å². The van der Waals surface area contributed by atoms with E-state index in [1.807, 2.05) is 6.07 Å². The fourth-order valence-electron chi connectivity index (χ4n) is 1.23. The number of fused-ring (bicyclic) bond motifs is 1. The van der Waals surface area contributed by atoms with E-state index in [1.54, 1.807) is 25.3 Å². The number of furan rings is 1. The summed E-state index contributed by atoms with van der Waals surface area (Å²) in [5.41, 5.74) is 9.76. The predicted octanol–water partition coefficient (Wildman–Crippen LogP) is 3.20. The van der Waals surface area contributed by atoms with Crippen LogP contribution in [-0.4, -0.2) is 4.98 Å². The van der Waals surface area contributed by atoms with Gasteiger partial charge in [0.15, 0.2) is 5.58 Å². The Bertz CT molecular complexity index is 465. The van der Waals surface area contributed by atoms with Crippen molar-refractivity contribution in [1.82, 2.24) is 4.98 Å². The third-order valence-corrected chi connectivity index (χ3v) is 1.94. The van der Waals surface area contributed by atoms with Crippen molar-refractivity contribution in [2.75, 3.05) is 0 Å². The van der Waals surface area contributed by atoms with E-state index in [2.05, 4.69) is 15.0 Å². The summed E-state index contributed by atoms with van der Waals surface area (Å²) < 4.78 is 5.46. The summed E-state index contributed by atoms with van der Waals surface area (Å²) in [7, 11) is 0. The second kappa shape index (κ2) is 3.40. The molecule has 70 valence electrons. The van der Waals surface area contributed by atoms with Gasteiger partial charge in [-0.1, -0.05) is 5.11 Å². The highest BCUT2D eigenvalue weighted by Crippen LogP contribution is 2.24. The molecule has 0 radical (unpaired) electrons. The Morgan fingerprint density at radius 3 is 3.21 bits per heavy atom. The van der Waals surface area contributed by atoms with Crippen LogP contribution in [0.4, 0.5) is 0 Å². The van der Waals surface area contributed by atoms with E-state index < -0.39 is 0 Å². The van der Waals surface area contributed by atoms with Gasteiger partial charge in [-0.25, -0.2) is 0 Å². The maximum Gasteiger partial charge on any atom is 0.152 e. The topological polar surface area (TPSA) is 74.8 Å².